The second-order valence-corrected chi connectivity index (χ2v) is 4.55. The van der Waals surface area contributed by atoms with E-state index in [9.17, 15) is 4.79 Å². The van der Waals surface area contributed by atoms with Crippen LogP contribution in [0.15, 0.2) is 29.2 Å². The molecule has 0 radical (unpaired) electrons. The van der Waals surface area contributed by atoms with E-state index in [1.54, 1.807) is 18.7 Å². The number of carbonyl (C=O) groups excluding carboxylic acids is 1. The average Bonchev–Trinajstić information content (AvgIpc) is 2.19. The summed E-state index contributed by atoms with van der Waals surface area (Å²) in [6, 6.07) is 7.73. The number of amides is 1. The van der Waals surface area contributed by atoms with Gasteiger partial charge < -0.3 is 5.32 Å². The first-order valence-corrected chi connectivity index (χ1v) is 6.00. The highest BCUT2D eigenvalue weighted by Crippen LogP contribution is 2.17. The predicted octanol–water partition coefficient (Wildman–Crippen LogP) is 2.67. The first-order valence-electron chi connectivity index (χ1n) is 4.26. The minimum absolute atomic E-state index is 0.0785. The molecule has 0 heterocycles. The number of rotatable bonds is 3. The molecular formula is C10H13NOS2. The van der Waals surface area contributed by atoms with Crippen LogP contribution < -0.4 is 5.32 Å². The van der Waals surface area contributed by atoms with Crippen LogP contribution in [0.2, 0.25) is 0 Å². The van der Waals surface area contributed by atoms with Crippen molar-refractivity contribution in [1.82, 2.24) is 0 Å². The number of benzene rings is 1. The van der Waals surface area contributed by atoms with Gasteiger partial charge in [0.1, 0.15) is 0 Å². The molecule has 4 heteroatoms. The largest absolute Gasteiger partial charge is 0.325 e. The molecule has 1 unspecified atom stereocenters. The molecule has 76 valence electrons. The van der Waals surface area contributed by atoms with Crippen LogP contribution >= 0.6 is 24.4 Å². The van der Waals surface area contributed by atoms with Gasteiger partial charge in [0, 0.05) is 10.6 Å². The summed E-state index contributed by atoms with van der Waals surface area (Å²) in [7, 11) is 0. The summed E-state index contributed by atoms with van der Waals surface area (Å²) in [4.78, 5) is 12.5. The molecule has 0 saturated heterocycles. The average molecular weight is 227 g/mol. The van der Waals surface area contributed by atoms with Crippen molar-refractivity contribution in [3.8, 4) is 0 Å². The van der Waals surface area contributed by atoms with E-state index >= 15 is 0 Å². The molecule has 0 bridgehead atoms. The third-order valence-electron chi connectivity index (χ3n) is 1.74. The zero-order valence-corrected chi connectivity index (χ0v) is 9.86. The van der Waals surface area contributed by atoms with Crippen molar-refractivity contribution in [2.75, 3.05) is 11.6 Å². The van der Waals surface area contributed by atoms with Gasteiger partial charge in [0.25, 0.3) is 0 Å². The Bertz CT molecular complexity index is 308. The molecule has 1 amide bonds. The van der Waals surface area contributed by atoms with Gasteiger partial charge in [0.05, 0.1) is 5.25 Å². The van der Waals surface area contributed by atoms with E-state index in [1.165, 1.54) is 4.90 Å². The fourth-order valence-electron chi connectivity index (χ4n) is 0.921. The molecule has 1 atom stereocenters. The lowest BCUT2D eigenvalue weighted by Crippen LogP contribution is -2.20. The molecular weight excluding hydrogens is 214 g/mol. The number of hydrogen-bond acceptors (Lipinski definition) is 3. The van der Waals surface area contributed by atoms with E-state index in [1.807, 2.05) is 30.5 Å². The van der Waals surface area contributed by atoms with Crippen molar-refractivity contribution in [1.29, 1.82) is 0 Å². The molecule has 14 heavy (non-hydrogen) atoms. The number of thiol groups is 1. The van der Waals surface area contributed by atoms with E-state index in [0.717, 1.165) is 5.69 Å². The maximum Gasteiger partial charge on any atom is 0.236 e. The van der Waals surface area contributed by atoms with Gasteiger partial charge in [-0.2, -0.15) is 12.6 Å². The van der Waals surface area contributed by atoms with Crippen LogP contribution in [-0.2, 0) is 4.79 Å². The first-order chi connectivity index (χ1) is 6.63. The summed E-state index contributed by atoms with van der Waals surface area (Å²) in [6.45, 7) is 1.74. The SMILES string of the molecule is CSc1ccc(NC(=O)C(C)S)cc1. The molecule has 0 aromatic heterocycles. The molecule has 1 aromatic rings. The van der Waals surface area contributed by atoms with Gasteiger partial charge in [-0.25, -0.2) is 0 Å². The van der Waals surface area contributed by atoms with Crippen LogP contribution in [0.3, 0.4) is 0 Å². The second kappa shape index (κ2) is 5.32. The van der Waals surface area contributed by atoms with E-state index in [4.69, 9.17) is 0 Å². The number of anilines is 1. The van der Waals surface area contributed by atoms with Gasteiger partial charge in [-0.1, -0.05) is 0 Å². The smallest absolute Gasteiger partial charge is 0.236 e. The molecule has 2 nitrogen and oxygen atoms in total. The second-order valence-electron chi connectivity index (χ2n) is 2.89. The summed E-state index contributed by atoms with van der Waals surface area (Å²) in [5, 5.41) is 2.49. The van der Waals surface area contributed by atoms with Crippen molar-refractivity contribution in [2.24, 2.45) is 0 Å². The highest BCUT2D eigenvalue weighted by molar-refractivity contribution is 7.98. The summed E-state index contributed by atoms with van der Waals surface area (Å²) >= 11 is 5.72. The van der Waals surface area contributed by atoms with Crippen LogP contribution in [0.5, 0.6) is 0 Å². The van der Waals surface area contributed by atoms with E-state index < -0.39 is 0 Å². The monoisotopic (exact) mass is 227 g/mol. The van der Waals surface area contributed by atoms with Crippen LogP contribution in [0.1, 0.15) is 6.92 Å². The lowest BCUT2D eigenvalue weighted by atomic mass is 10.3. The highest BCUT2D eigenvalue weighted by atomic mass is 32.2. The molecule has 0 aliphatic rings. The van der Waals surface area contributed by atoms with Gasteiger partial charge >= 0.3 is 0 Å². The number of hydrogen-bond donors (Lipinski definition) is 2. The van der Waals surface area contributed by atoms with Gasteiger partial charge in [-0.15, -0.1) is 11.8 Å². The third-order valence-corrected chi connectivity index (χ3v) is 2.72. The van der Waals surface area contributed by atoms with Crippen molar-refractivity contribution in [2.45, 2.75) is 17.1 Å². The molecule has 0 spiro atoms. The Morgan fingerprint density at radius 3 is 2.43 bits per heavy atom. The lowest BCUT2D eigenvalue weighted by Gasteiger charge is -2.07. The third kappa shape index (κ3) is 3.27. The molecule has 0 saturated carbocycles. The Kier molecular flexibility index (Phi) is 4.35. The minimum Gasteiger partial charge on any atom is -0.325 e. The fraction of sp³-hybridized carbons (Fsp3) is 0.300. The topological polar surface area (TPSA) is 29.1 Å². The Balaban J connectivity index is 2.64. The van der Waals surface area contributed by atoms with Crippen molar-refractivity contribution in [3.05, 3.63) is 24.3 Å². The zero-order chi connectivity index (χ0) is 10.6. The van der Waals surface area contributed by atoms with Crippen molar-refractivity contribution in [3.63, 3.8) is 0 Å². The van der Waals surface area contributed by atoms with Gasteiger partial charge in [-0.3, -0.25) is 4.79 Å². The quantitative estimate of drug-likeness (QED) is 0.614. The van der Waals surface area contributed by atoms with Crippen LogP contribution in [0.4, 0.5) is 5.69 Å². The van der Waals surface area contributed by atoms with Gasteiger partial charge in [-0.05, 0) is 37.4 Å². The summed E-state index contributed by atoms with van der Waals surface area (Å²) < 4.78 is 0. The number of nitrogens with one attached hydrogen (secondary N) is 1. The molecule has 1 rings (SSSR count). The summed E-state index contributed by atoms with van der Waals surface area (Å²) in [5.74, 6) is -0.0785. The Hall–Kier alpha value is -0.610. The lowest BCUT2D eigenvalue weighted by molar-refractivity contribution is -0.115. The zero-order valence-electron chi connectivity index (χ0n) is 8.15. The Morgan fingerprint density at radius 2 is 2.00 bits per heavy atom. The van der Waals surface area contributed by atoms with E-state index in [2.05, 4.69) is 17.9 Å². The van der Waals surface area contributed by atoms with Gasteiger partial charge in [0.2, 0.25) is 5.91 Å². The summed E-state index contributed by atoms with van der Waals surface area (Å²) in [5.41, 5.74) is 0.814. The Labute approximate surface area is 93.9 Å². The maximum atomic E-state index is 11.3. The molecule has 0 aliphatic carbocycles. The first kappa shape index (κ1) is 11.5. The van der Waals surface area contributed by atoms with Crippen LogP contribution in [0, 0.1) is 0 Å². The predicted molar refractivity (Wildman–Crippen MR) is 65.3 cm³/mol. The minimum atomic E-state index is -0.282. The van der Waals surface area contributed by atoms with Crippen molar-refractivity contribution < 1.29 is 4.79 Å². The normalized spacial score (nSPS) is 12.2. The number of thioether (sulfide) groups is 1. The Morgan fingerprint density at radius 1 is 1.43 bits per heavy atom. The fourth-order valence-corrected chi connectivity index (χ4v) is 1.39. The van der Waals surface area contributed by atoms with Crippen LogP contribution in [0.25, 0.3) is 0 Å². The molecule has 1 aromatic carbocycles. The van der Waals surface area contributed by atoms with Crippen LogP contribution in [-0.4, -0.2) is 17.4 Å². The summed E-state index contributed by atoms with van der Waals surface area (Å²) in [6.07, 6.45) is 2.02. The standard InChI is InChI=1S/C10H13NOS2/c1-7(13)10(12)11-8-3-5-9(14-2)6-4-8/h3-7,13H,1-2H3,(H,11,12). The molecule has 1 N–H and O–H groups in total. The maximum absolute atomic E-state index is 11.3. The van der Waals surface area contributed by atoms with E-state index in [-0.39, 0.29) is 11.2 Å². The molecule has 0 aliphatic heterocycles. The molecule has 0 fully saturated rings. The van der Waals surface area contributed by atoms with Crippen molar-refractivity contribution >= 4 is 36.0 Å². The number of carbonyl (C=O) groups is 1. The van der Waals surface area contributed by atoms with E-state index in [0.29, 0.717) is 0 Å². The highest BCUT2D eigenvalue weighted by Gasteiger charge is 2.07. The van der Waals surface area contributed by atoms with Gasteiger partial charge in [0.15, 0.2) is 0 Å².